The molecule has 0 aliphatic heterocycles. The maximum absolute atomic E-state index is 12.4. The summed E-state index contributed by atoms with van der Waals surface area (Å²) in [6, 6.07) is 3.25. The molecule has 0 saturated heterocycles. The lowest BCUT2D eigenvalue weighted by atomic mass is 10.1. The fraction of sp³-hybridized carbons (Fsp3) is 0.500. The van der Waals surface area contributed by atoms with Crippen LogP contribution in [-0.2, 0) is 0 Å². The van der Waals surface area contributed by atoms with Crippen molar-refractivity contribution in [3.05, 3.63) is 29.6 Å². The number of carboxylic acid groups (broad SMARTS) is 1. The van der Waals surface area contributed by atoms with Gasteiger partial charge in [-0.05, 0) is 30.9 Å². The number of carbonyl (C=O) groups excluding carboxylic acids is 1. The SMILES string of the molecule is CC(C)CN(C(=O)c1ccc(C(=O)O)nc1)C1CC1. The highest BCUT2D eigenvalue weighted by Crippen LogP contribution is 2.28. The lowest BCUT2D eigenvalue weighted by molar-refractivity contribution is 0.0684. The van der Waals surface area contributed by atoms with E-state index in [2.05, 4.69) is 18.8 Å². The van der Waals surface area contributed by atoms with E-state index >= 15 is 0 Å². The fourth-order valence-electron chi connectivity index (χ4n) is 1.99. The Labute approximate surface area is 112 Å². The van der Waals surface area contributed by atoms with Crippen molar-refractivity contribution >= 4 is 11.9 Å². The van der Waals surface area contributed by atoms with E-state index in [0.717, 1.165) is 19.4 Å². The molecule has 1 heterocycles. The highest BCUT2D eigenvalue weighted by molar-refractivity contribution is 5.95. The van der Waals surface area contributed by atoms with Crippen molar-refractivity contribution in [3.8, 4) is 0 Å². The Morgan fingerprint density at radius 2 is 2.11 bits per heavy atom. The van der Waals surface area contributed by atoms with E-state index in [9.17, 15) is 9.59 Å². The van der Waals surface area contributed by atoms with Gasteiger partial charge in [0.1, 0.15) is 5.69 Å². The van der Waals surface area contributed by atoms with Gasteiger partial charge >= 0.3 is 5.97 Å². The first-order chi connectivity index (χ1) is 8.99. The van der Waals surface area contributed by atoms with Gasteiger partial charge in [0.15, 0.2) is 0 Å². The average molecular weight is 262 g/mol. The van der Waals surface area contributed by atoms with Gasteiger partial charge in [-0.2, -0.15) is 0 Å². The van der Waals surface area contributed by atoms with E-state index in [1.54, 1.807) is 0 Å². The number of hydrogen-bond acceptors (Lipinski definition) is 3. The third-order valence-corrected chi connectivity index (χ3v) is 3.04. The van der Waals surface area contributed by atoms with Crippen molar-refractivity contribution in [3.63, 3.8) is 0 Å². The van der Waals surface area contributed by atoms with Crippen molar-refractivity contribution < 1.29 is 14.7 Å². The zero-order chi connectivity index (χ0) is 14.0. The molecule has 0 aromatic carbocycles. The Morgan fingerprint density at radius 3 is 2.53 bits per heavy atom. The monoisotopic (exact) mass is 262 g/mol. The molecule has 0 unspecified atom stereocenters. The molecule has 1 aliphatic carbocycles. The Hall–Kier alpha value is -1.91. The van der Waals surface area contributed by atoms with E-state index < -0.39 is 5.97 Å². The highest BCUT2D eigenvalue weighted by Gasteiger charge is 2.33. The lowest BCUT2D eigenvalue weighted by Gasteiger charge is -2.24. The van der Waals surface area contributed by atoms with E-state index in [0.29, 0.717) is 17.5 Å². The molecule has 1 saturated carbocycles. The Kier molecular flexibility index (Phi) is 3.83. The normalized spacial score (nSPS) is 14.5. The molecule has 2 rings (SSSR count). The van der Waals surface area contributed by atoms with Crippen LogP contribution in [0.2, 0.25) is 0 Å². The zero-order valence-corrected chi connectivity index (χ0v) is 11.2. The van der Waals surface area contributed by atoms with E-state index in [-0.39, 0.29) is 11.6 Å². The second-order valence-electron chi connectivity index (χ2n) is 5.32. The molecule has 0 bridgehead atoms. The third-order valence-electron chi connectivity index (χ3n) is 3.04. The van der Waals surface area contributed by atoms with Crippen LogP contribution in [0.15, 0.2) is 18.3 Å². The second kappa shape index (κ2) is 5.38. The molecule has 1 aromatic heterocycles. The number of nitrogens with zero attached hydrogens (tertiary/aromatic N) is 2. The maximum Gasteiger partial charge on any atom is 0.354 e. The van der Waals surface area contributed by atoms with E-state index in [1.165, 1.54) is 18.3 Å². The third kappa shape index (κ3) is 3.30. The predicted octanol–water partition coefficient (Wildman–Crippen LogP) is 2.04. The standard InChI is InChI=1S/C14H18N2O3/c1-9(2)8-16(11-4-5-11)13(17)10-3-6-12(14(18)19)15-7-10/h3,6-7,9,11H,4-5,8H2,1-2H3,(H,18,19). The van der Waals surface area contributed by atoms with Crippen molar-refractivity contribution in [1.82, 2.24) is 9.88 Å². The summed E-state index contributed by atoms with van der Waals surface area (Å²) < 4.78 is 0. The molecule has 0 spiro atoms. The summed E-state index contributed by atoms with van der Waals surface area (Å²) in [5.74, 6) is -0.725. The number of pyridine rings is 1. The van der Waals surface area contributed by atoms with Crippen LogP contribution in [0.3, 0.4) is 0 Å². The van der Waals surface area contributed by atoms with Crippen molar-refractivity contribution in [2.75, 3.05) is 6.54 Å². The van der Waals surface area contributed by atoms with Crippen LogP contribution >= 0.6 is 0 Å². The van der Waals surface area contributed by atoms with Gasteiger partial charge in [-0.1, -0.05) is 13.8 Å². The predicted molar refractivity (Wildman–Crippen MR) is 70.1 cm³/mol. The average Bonchev–Trinajstić information content (AvgIpc) is 3.19. The largest absolute Gasteiger partial charge is 0.477 e. The second-order valence-corrected chi connectivity index (χ2v) is 5.32. The Bertz CT molecular complexity index is 478. The van der Waals surface area contributed by atoms with Gasteiger partial charge < -0.3 is 10.0 Å². The number of aromatic nitrogens is 1. The minimum absolute atomic E-state index is 0.0432. The molecule has 0 atom stereocenters. The molecular formula is C14H18N2O3. The van der Waals surface area contributed by atoms with Gasteiger partial charge in [0.05, 0.1) is 5.56 Å². The number of hydrogen-bond donors (Lipinski definition) is 1. The van der Waals surface area contributed by atoms with Crippen LogP contribution in [0, 0.1) is 5.92 Å². The quantitative estimate of drug-likeness (QED) is 0.881. The first kappa shape index (κ1) is 13.5. The molecule has 1 N–H and O–H groups in total. The summed E-state index contributed by atoms with van der Waals surface area (Å²) in [6.45, 7) is 4.88. The molecule has 5 heteroatoms. The molecule has 1 aromatic rings. The smallest absolute Gasteiger partial charge is 0.354 e. The molecule has 102 valence electrons. The molecule has 0 radical (unpaired) electrons. The van der Waals surface area contributed by atoms with Crippen LogP contribution < -0.4 is 0 Å². The lowest BCUT2D eigenvalue weighted by Crippen LogP contribution is -2.36. The number of aromatic carboxylic acids is 1. The number of carbonyl (C=O) groups is 2. The Balaban J connectivity index is 2.14. The molecule has 1 fully saturated rings. The molecule has 1 aliphatic rings. The fourth-order valence-corrected chi connectivity index (χ4v) is 1.99. The summed E-state index contributed by atoms with van der Waals surface area (Å²) in [6.07, 6.45) is 3.46. The van der Waals surface area contributed by atoms with Crippen LogP contribution in [0.5, 0.6) is 0 Å². The van der Waals surface area contributed by atoms with Gasteiger partial charge in [0, 0.05) is 18.8 Å². The summed E-state index contributed by atoms with van der Waals surface area (Å²) in [5.41, 5.74) is 0.413. The highest BCUT2D eigenvalue weighted by atomic mass is 16.4. The van der Waals surface area contributed by atoms with Crippen molar-refractivity contribution in [1.29, 1.82) is 0 Å². The molecule has 5 nitrogen and oxygen atoms in total. The molecule has 1 amide bonds. The van der Waals surface area contributed by atoms with Crippen molar-refractivity contribution in [2.45, 2.75) is 32.7 Å². The van der Waals surface area contributed by atoms with E-state index in [4.69, 9.17) is 5.11 Å². The van der Waals surface area contributed by atoms with Gasteiger partial charge in [-0.25, -0.2) is 9.78 Å². The van der Waals surface area contributed by atoms with Crippen molar-refractivity contribution in [2.24, 2.45) is 5.92 Å². The summed E-state index contributed by atoms with van der Waals surface area (Å²) >= 11 is 0. The molecule has 19 heavy (non-hydrogen) atoms. The van der Waals surface area contributed by atoms with Gasteiger partial charge in [0.2, 0.25) is 0 Å². The van der Waals surface area contributed by atoms with Crippen LogP contribution in [0.25, 0.3) is 0 Å². The number of rotatable bonds is 5. The molecular weight excluding hydrogens is 244 g/mol. The maximum atomic E-state index is 12.4. The first-order valence-electron chi connectivity index (χ1n) is 6.49. The summed E-state index contributed by atoms with van der Waals surface area (Å²) in [4.78, 5) is 28.8. The zero-order valence-electron chi connectivity index (χ0n) is 11.2. The van der Waals surface area contributed by atoms with Gasteiger partial charge in [0.25, 0.3) is 5.91 Å². The van der Waals surface area contributed by atoms with Crippen LogP contribution in [0.1, 0.15) is 47.5 Å². The summed E-state index contributed by atoms with van der Waals surface area (Å²) in [5, 5.41) is 8.78. The van der Waals surface area contributed by atoms with Gasteiger partial charge in [-0.3, -0.25) is 4.79 Å². The number of amides is 1. The Morgan fingerprint density at radius 1 is 1.42 bits per heavy atom. The number of carboxylic acids is 1. The van der Waals surface area contributed by atoms with Crippen LogP contribution in [0.4, 0.5) is 0 Å². The van der Waals surface area contributed by atoms with Crippen LogP contribution in [-0.4, -0.2) is 39.5 Å². The minimum atomic E-state index is -1.08. The first-order valence-corrected chi connectivity index (χ1v) is 6.49. The topological polar surface area (TPSA) is 70.5 Å². The van der Waals surface area contributed by atoms with E-state index in [1.807, 2.05) is 4.90 Å². The van der Waals surface area contributed by atoms with Gasteiger partial charge in [-0.15, -0.1) is 0 Å². The minimum Gasteiger partial charge on any atom is -0.477 e. The summed E-state index contributed by atoms with van der Waals surface area (Å²) in [7, 11) is 0.